The molecule has 10 rings (SSSR count). The van der Waals surface area contributed by atoms with Crippen molar-refractivity contribution in [2.24, 2.45) is 0 Å². The highest BCUT2D eigenvalue weighted by Gasteiger charge is 2.18. The van der Waals surface area contributed by atoms with Crippen LogP contribution in [-0.2, 0) is 0 Å². The van der Waals surface area contributed by atoms with E-state index in [9.17, 15) is 0 Å². The van der Waals surface area contributed by atoms with Gasteiger partial charge in [-0.1, -0.05) is 182 Å². The van der Waals surface area contributed by atoms with Crippen LogP contribution >= 0.6 is 45.2 Å². The first-order valence-electron chi connectivity index (χ1n) is 18.4. The highest BCUT2D eigenvalue weighted by atomic mass is 127. The molecule has 0 saturated carbocycles. The largest absolute Gasteiger partial charge is 0.231 e. The van der Waals surface area contributed by atoms with Gasteiger partial charge in [0.2, 0.25) is 0 Å². The molecule has 0 aliphatic carbocycles. The molecule has 56 heavy (non-hydrogen) atoms. The molecule has 0 aliphatic rings. The monoisotopic (exact) mass is 944 g/mol. The second-order valence-corrected chi connectivity index (χ2v) is 15.6. The zero-order valence-corrected chi connectivity index (χ0v) is 34.5. The summed E-state index contributed by atoms with van der Waals surface area (Å²) in [5.74, 6) is 0. The smallest absolute Gasteiger partial charge is 0.0934 e. The summed E-state index contributed by atoms with van der Waals surface area (Å²) in [7, 11) is 0. The van der Waals surface area contributed by atoms with Gasteiger partial charge in [0.25, 0.3) is 0 Å². The molecule has 268 valence electrons. The van der Waals surface area contributed by atoms with Crippen molar-refractivity contribution in [2.75, 3.05) is 0 Å². The van der Waals surface area contributed by atoms with E-state index in [2.05, 4.69) is 237 Å². The van der Waals surface area contributed by atoms with Crippen LogP contribution in [0, 0.1) is 7.14 Å². The molecule has 0 radical (unpaired) electrons. The van der Waals surface area contributed by atoms with Gasteiger partial charge in [0.15, 0.2) is 0 Å². The number of hydrogen-bond donors (Lipinski definition) is 0. The molecule has 0 spiro atoms. The van der Waals surface area contributed by atoms with Crippen LogP contribution in [0.15, 0.2) is 206 Å². The van der Waals surface area contributed by atoms with E-state index < -0.39 is 0 Å². The van der Waals surface area contributed by atoms with Gasteiger partial charge in [-0.3, -0.25) is 0 Å². The van der Waals surface area contributed by atoms with Crippen LogP contribution in [0.25, 0.3) is 77.9 Å². The van der Waals surface area contributed by atoms with E-state index in [0.29, 0.717) is 0 Å². The number of fused-ring (bicyclic) bond motifs is 2. The molecule has 0 atom stereocenters. The van der Waals surface area contributed by atoms with Crippen molar-refractivity contribution in [1.29, 1.82) is 0 Å². The Hall–Kier alpha value is -5.84. The van der Waals surface area contributed by atoms with Gasteiger partial charge in [-0.05, 0) is 85.6 Å². The van der Waals surface area contributed by atoms with Crippen LogP contribution in [0.4, 0.5) is 0 Å². The van der Waals surface area contributed by atoms with E-state index in [1.54, 1.807) is 0 Å². The first-order chi connectivity index (χ1) is 27.6. The first kappa shape index (κ1) is 35.8. The first-order valence-corrected chi connectivity index (χ1v) is 20.6. The van der Waals surface area contributed by atoms with Gasteiger partial charge >= 0.3 is 0 Å². The van der Waals surface area contributed by atoms with Gasteiger partial charge in [-0.25, -0.2) is 9.36 Å². The molecule has 8 aromatic carbocycles. The lowest BCUT2D eigenvalue weighted by molar-refractivity contribution is 0.889. The molecule has 0 unspecified atom stereocenters. The van der Waals surface area contributed by atoms with Gasteiger partial charge in [0, 0.05) is 34.8 Å². The minimum Gasteiger partial charge on any atom is -0.231 e. The number of benzene rings is 8. The number of nitrogens with zero attached hydrogens (tertiary/aromatic N) is 4. The molecule has 0 amide bonds. The Labute approximate surface area is 353 Å². The summed E-state index contributed by atoms with van der Waals surface area (Å²) in [6, 6.07) is 71.6. The van der Waals surface area contributed by atoms with Gasteiger partial charge in [-0.15, -0.1) is 0 Å². The third-order valence-corrected chi connectivity index (χ3v) is 11.8. The van der Waals surface area contributed by atoms with Crippen molar-refractivity contribution >= 4 is 66.7 Å². The molecule has 0 aliphatic heterocycles. The highest BCUT2D eigenvalue weighted by molar-refractivity contribution is 14.1. The lowest BCUT2D eigenvalue weighted by Crippen LogP contribution is -2.03. The molecule has 2 heterocycles. The number of hydrogen-bond acceptors (Lipinski definition) is 2. The Morgan fingerprint density at radius 3 is 1.32 bits per heavy atom. The van der Waals surface area contributed by atoms with E-state index in [4.69, 9.17) is 10.2 Å². The molecule has 0 bridgehead atoms. The summed E-state index contributed by atoms with van der Waals surface area (Å²) in [6.07, 6.45) is 0. The van der Waals surface area contributed by atoms with Gasteiger partial charge in [0.1, 0.15) is 0 Å². The third-order valence-electron chi connectivity index (χ3n) is 9.83. The normalized spacial score (nSPS) is 11.0. The highest BCUT2D eigenvalue weighted by Crippen LogP contribution is 2.35. The van der Waals surface area contributed by atoms with Crippen LogP contribution in [0.5, 0.6) is 0 Å². The standard InChI is InChI=1S/2C25H17IN2/c26-25-21-14-8-7-9-18(21)15-16-23(25)28-24(20-12-5-2-6-13-20)17-22(27-28)19-10-3-1-4-11-19;26-22-16-15-18-9-7-8-14-21(18)25(22)28-24(20-12-5-2-6-13-20)17-23(27-28)19-10-3-1-4-11-19/h2*1-17H. The maximum atomic E-state index is 5.05. The van der Waals surface area contributed by atoms with Gasteiger partial charge in [-0.2, -0.15) is 10.2 Å². The molecule has 2 aromatic heterocycles. The van der Waals surface area contributed by atoms with Crippen molar-refractivity contribution in [3.8, 4) is 56.4 Å². The average molecular weight is 945 g/mol. The molecule has 4 nitrogen and oxygen atoms in total. The quantitative estimate of drug-likeness (QED) is 0.156. The SMILES string of the molecule is Ic1c(-n2nc(-c3ccccc3)cc2-c2ccccc2)ccc2ccccc12.Ic1ccc2ccccc2c1-n1nc(-c2ccccc2)cc1-c1ccccc1. The Balaban J connectivity index is 0.000000146. The van der Waals surface area contributed by atoms with E-state index >= 15 is 0 Å². The maximum Gasteiger partial charge on any atom is 0.0934 e. The molecule has 0 saturated heterocycles. The molecule has 0 fully saturated rings. The minimum atomic E-state index is 0.975. The van der Waals surface area contributed by atoms with E-state index in [-0.39, 0.29) is 0 Å². The number of halogens is 2. The number of aromatic nitrogens is 4. The third kappa shape index (κ3) is 7.18. The van der Waals surface area contributed by atoms with Gasteiger partial charge in [0.05, 0.1) is 34.2 Å². The zero-order chi connectivity index (χ0) is 37.8. The lowest BCUT2D eigenvalue weighted by Gasteiger charge is -2.13. The number of rotatable bonds is 6. The average Bonchev–Trinajstić information content (AvgIpc) is 3.92. The second-order valence-electron chi connectivity index (χ2n) is 13.4. The van der Waals surface area contributed by atoms with Gasteiger partial charge < -0.3 is 0 Å². The topological polar surface area (TPSA) is 35.6 Å². The van der Waals surface area contributed by atoms with E-state index in [0.717, 1.165) is 56.4 Å². The zero-order valence-electron chi connectivity index (χ0n) is 30.2. The summed E-state index contributed by atoms with van der Waals surface area (Å²) in [4.78, 5) is 0. The second kappa shape index (κ2) is 16.1. The predicted molar refractivity (Wildman–Crippen MR) is 249 cm³/mol. The molecule has 0 N–H and O–H groups in total. The van der Waals surface area contributed by atoms with Crippen molar-refractivity contribution < 1.29 is 0 Å². The summed E-state index contributed by atoms with van der Waals surface area (Å²) in [6.45, 7) is 0. The summed E-state index contributed by atoms with van der Waals surface area (Å²) in [5.41, 5.74) is 10.9. The van der Waals surface area contributed by atoms with Crippen LogP contribution in [0.2, 0.25) is 0 Å². The summed E-state index contributed by atoms with van der Waals surface area (Å²) < 4.78 is 6.56. The van der Waals surface area contributed by atoms with Crippen molar-refractivity contribution in [1.82, 2.24) is 19.6 Å². The van der Waals surface area contributed by atoms with E-state index in [1.807, 2.05) is 24.3 Å². The van der Waals surface area contributed by atoms with Crippen molar-refractivity contribution in [3.05, 3.63) is 213 Å². The summed E-state index contributed by atoms with van der Waals surface area (Å²) in [5, 5.41) is 15.0. The van der Waals surface area contributed by atoms with Crippen LogP contribution in [0.3, 0.4) is 0 Å². The Morgan fingerprint density at radius 1 is 0.357 bits per heavy atom. The summed E-state index contributed by atoms with van der Waals surface area (Å²) >= 11 is 4.85. The fourth-order valence-corrected chi connectivity index (χ4v) is 8.67. The Bertz CT molecular complexity index is 2920. The lowest BCUT2D eigenvalue weighted by atomic mass is 10.1. The maximum absolute atomic E-state index is 5.05. The van der Waals surface area contributed by atoms with Crippen molar-refractivity contribution in [2.45, 2.75) is 0 Å². The van der Waals surface area contributed by atoms with E-state index in [1.165, 1.54) is 28.7 Å². The van der Waals surface area contributed by atoms with Crippen LogP contribution < -0.4 is 0 Å². The fraction of sp³-hybridized carbons (Fsp3) is 0. The molecular formula is C50H34I2N4. The Kier molecular flexibility index (Phi) is 10.3. The molecular weight excluding hydrogens is 910 g/mol. The Morgan fingerprint density at radius 2 is 0.768 bits per heavy atom. The predicted octanol–water partition coefficient (Wildman–Crippen LogP) is 13.9. The van der Waals surface area contributed by atoms with Crippen LogP contribution in [0.1, 0.15) is 0 Å². The molecule has 6 heteroatoms. The minimum absolute atomic E-state index is 0.975. The molecule has 10 aromatic rings. The van der Waals surface area contributed by atoms with Crippen molar-refractivity contribution in [3.63, 3.8) is 0 Å². The fourth-order valence-electron chi connectivity index (χ4n) is 7.07. The van der Waals surface area contributed by atoms with Crippen LogP contribution in [-0.4, -0.2) is 19.6 Å².